The summed E-state index contributed by atoms with van der Waals surface area (Å²) in [5.74, 6) is 2.94. The fourth-order valence-corrected chi connectivity index (χ4v) is 4.16. The van der Waals surface area contributed by atoms with Crippen molar-refractivity contribution in [3.63, 3.8) is 0 Å². The first kappa shape index (κ1) is 20.6. The minimum absolute atomic E-state index is 0.0495. The van der Waals surface area contributed by atoms with Crippen LogP contribution in [0.2, 0.25) is 5.02 Å². The first-order valence-electron chi connectivity index (χ1n) is 9.49. The van der Waals surface area contributed by atoms with Gasteiger partial charge in [0, 0.05) is 30.8 Å². The molecule has 1 N–H and O–H groups in total. The molecule has 156 valence electrons. The van der Waals surface area contributed by atoms with Gasteiger partial charge in [-0.25, -0.2) is 0 Å². The first-order valence-corrected chi connectivity index (χ1v) is 10.9. The summed E-state index contributed by atoms with van der Waals surface area (Å²) < 4.78 is 12.6. The van der Waals surface area contributed by atoms with Gasteiger partial charge in [-0.3, -0.25) is 4.79 Å². The molecule has 0 saturated heterocycles. The quantitative estimate of drug-likeness (QED) is 0.536. The third-order valence-corrected chi connectivity index (χ3v) is 5.98. The van der Waals surface area contributed by atoms with Crippen LogP contribution in [0.15, 0.2) is 47.6 Å². The fraction of sp³-hybridized carbons (Fsp3) is 0.286. The number of benzene rings is 2. The van der Waals surface area contributed by atoms with E-state index in [-0.39, 0.29) is 19.1 Å². The predicted octanol–water partition coefficient (Wildman–Crippen LogP) is 3.39. The van der Waals surface area contributed by atoms with Gasteiger partial charge in [-0.1, -0.05) is 41.6 Å². The average molecular weight is 445 g/mol. The third kappa shape index (κ3) is 5.06. The number of carbonyl (C=O) groups excluding carboxylic acids is 1. The Balaban J connectivity index is 1.24. The van der Waals surface area contributed by atoms with Crippen molar-refractivity contribution in [3.05, 3.63) is 64.4 Å². The molecule has 30 heavy (non-hydrogen) atoms. The van der Waals surface area contributed by atoms with Crippen LogP contribution in [-0.2, 0) is 30.4 Å². The smallest absolute Gasteiger partial charge is 0.231 e. The number of ether oxygens (including phenoxy) is 2. The van der Waals surface area contributed by atoms with Gasteiger partial charge in [-0.2, -0.15) is 0 Å². The predicted molar refractivity (Wildman–Crippen MR) is 115 cm³/mol. The Morgan fingerprint density at radius 2 is 2.03 bits per heavy atom. The number of hydrogen-bond acceptors (Lipinski definition) is 6. The summed E-state index contributed by atoms with van der Waals surface area (Å²) in [7, 11) is 1.93. The van der Waals surface area contributed by atoms with Gasteiger partial charge in [0.1, 0.15) is 5.82 Å². The number of amides is 1. The third-order valence-electron chi connectivity index (χ3n) is 4.65. The summed E-state index contributed by atoms with van der Waals surface area (Å²) in [6, 6.07) is 13.3. The van der Waals surface area contributed by atoms with Crippen LogP contribution in [0.5, 0.6) is 11.5 Å². The number of carbonyl (C=O) groups is 1. The fourth-order valence-electron chi connectivity index (χ4n) is 3.08. The normalized spacial score (nSPS) is 12.2. The molecule has 0 atom stereocenters. The monoisotopic (exact) mass is 444 g/mol. The lowest BCUT2D eigenvalue weighted by Crippen LogP contribution is -2.27. The van der Waals surface area contributed by atoms with Crippen LogP contribution in [0.3, 0.4) is 0 Å². The largest absolute Gasteiger partial charge is 0.454 e. The van der Waals surface area contributed by atoms with Crippen molar-refractivity contribution >= 4 is 29.3 Å². The molecule has 2 heterocycles. The summed E-state index contributed by atoms with van der Waals surface area (Å²) in [5, 5.41) is 13.0. The molecule has 0 radical (unpaired) electrons. The Kier molecular flexibility index (Phi) is 6.44. The topological polar surface area (TPSA) is 78.3 Å². The van der Waals surface area contributed by atoms with Crippen LogP contribution in [-0.4, -0.2) is 34.0 Å². The Morgan fingerprint density at radius 1 is 1.17 bits per heavy atom. The average Bonchev–Trinajstić information content (AvgIpc) is 3.33. The Bertz CT molecular complexity index is 1060. The van der Waals surface area contributed by atoms with Crippen LogP contribution in [0, 0.1) is 0 Å². The summed E-state index contributed by atoms with van der Waals surface area (Å²) in [5.41, 5.74) is 2.02. The zero-order chi connectivity index (χ0) is 20.9. The van der Waals surface area contributed by atoms with E-state index in [0.29, 0.717) is 24.5 Å². The molecular formula is C21H21ClN4O3S. The van der Waals surface area contributed by atoms with E-state index in [1.54, 1.807) is 11.8 Å². The first-order chi connectivity index (χ1) is 14.6. The maximum atomic E-state index is 12.2. The number of hydrogen-bond donors (Lipinski definition) is 1. The standard InChI is InChI=1S/C21H21ClN4O3S/c1-26-19(24-25-21(26)30-12-15-3-2-4-16(22)9-15)7-8-23-20(27)11-14-5-6-17-18(10-14)29-13-28-17/h2-6,9-10H,7-8,11-13H2,1H3,(H,23,27). The van der Waals surface area contributed by atoms with Gasteiger partial charge in [-0.15, -0.1) is 10.2 Å². The molecule has 1 aromatic heterocycles. The molecule has 1 amide bonds. The zero-order valence-electron chi connectivity index (χ0n) is 16.4. The van der Waals surface area contributed by atoms with Gasteiger partial charge >= 0.3 is 0 Å². The SMILES string of the molecule is Cn1c(CCNC(=O)Cc2ccc3c(c2)OCO3)nnc1SCc1cccc(Cl)c1. The molecule has 0 spiro atoms. The summed E-state index contributed by atoms with van der Waals surface area (Å²) >= 11 is 7.63. The van der Waals surface area contributed by atoms with E-state index in [1.165, 1.54) is 0 Å². The van der Waals surface area contributed by atoms with Crippen molar-refractivity contribution in [2.75, 3.05) is 13.3 Å². The minimum atomic E-state index is -0.0495. The number of aromatic nitrogens is 3. The van der Waals surface area contributed by atoms with Gasteiger partial charge in [-0.05, 0) is 35.4 Å². The van der Waals surface area contributed by atoms with E-state index in [2.05, 4.69) is 15.5 Å². The van der Waals surface area contributed by atoms with Crippen LogP contribution in [0.25, 0.3) is 0 Å². The molecule has 0 bridgehead atoms. The molecule has 1 aliphatic rings. The second-order valence-electron chi connectivity index (χ2n) is 6.84. The van der Waals surface area contributed by atoms with Gasteiger partial charge in [0.15, 0.2) is 16.7 Å². The number of nitrogens with one attached hydrogen (secondary N) is 1. The maximum Gasteiger partial charge on any atom is 0.231 e. The lowest BCUT2D eigenvalue weighted by Gasteiger charge is -2.07. The van der Waals surface area contributed by atoms with E-state index in [0.717, 1.165) is 32.9 Å². The molecule has 0 saturated carbocycles. The minimum Gasteiger partial charge on any atom is -0.454 e. The highest BCUT2D eigenvalue weighted by molar-refractivity contribution is 7.98. The van der Waals surface area contributed by atoms with E-state index in [9.17, 15) is 4.79 Å². The van der Waals surface area contributed by atoms with Crippen molar-refractivity contribution in [2.24, 2.45) is 7.05 Å². The van der Waals surface area contributed by atoms with E-state index >= 15 is 0 Å². The summed E-state index contributed by atoms with van der Waals surface area (Å²) in [6.45, 7) is 0.719. The van der Waals surface area contributed by atoms with Gasteiger partial charge in [0.2, 0.25) is 12.7 Å². The number of fused-ring (bicyclic) bond motifs is 1. The van der Waals surface area contributed by atoms with Crippen molar-refractivity contribution in [1.82, 2.24) is 20.1 Å². The van der Waals surface area contributed by atoms with Crippen LogP contribution < -0.4 is 14.8 Å². The second kappa shape index (κ2) is 9.40. The van der Waals surface area contributed by atoms with Crippen molar-refractivity contribution < 1.29 is 14.3 Å². The highest BCUT2D eigenvalue weighted by Crippen LogP contribution is 2.32. The Labute approximate surface area is 183 Å². The number of halogens is 1. The van der Waals surface area contributed by atoms with E-state index in [4.69, 9.17) is 21.1 Å². The number of rotatable bonds is 8. The lowest BCUT2D eigenvalue weighted by molar-refractivity contribution is -0.120. The number of nitrogens with zero attached hydrogens (tertiary/aromatic N) is 3. The second-order valence-corrected chi connectivity index (χ2v) is 8.22. The molecule has 0 fully saturated rings. The van der Waals surface area contributed by atoms with E-state index in [1.807, 2.05) is 54.1 Å². The maximum absolute atomic E-state index is 12.2. The van der Waals surface area contributed by atoms with Gasteiger partial charge in [0.25, 0.3) is 0 Å². The molecule has 4 rings (SSSR count). The number of thioether (sulfide) groups is 1. The van der Waals surface area contributed by atoms with Gasteiger partial charge < -0.3 is 19.4 Å². The molecule has 3 aromatic rings. The molecule has 0 aliphatic carbocycles. The molecule has 7 nitrogen and oxygen atoms in total. The summed E-state index contributed by atoms with van der Waals surface area (Å²) in [6.07, 6.45) is 0.893. The van der Waals surface area contributed by atoms with Crippen molar-refractivity contribution in [2.45, 2.75) is 23.8 Å². The van der Waals surface area contributed by atoms with Crippen molar-refractivity contribution in [1.29, 1.82) is 0 Å². The van der Waals surface area contributed by atoms with Crippen LogP contribution in [0.4, 0.5) is 0 Å². The van der Waals surface area contributed by atoms with Crippen LogP contribution in [0.1, 0.15) is 17.0 Å². The van der Waals surface area contributed by atoms with Crippen LogP contribution >= 0.6 is 23.4 Å². The molecule has 2 aromatic carbocycles. The Morgan fingerprint density at radius 3 is 2.90 bits per heavy atom. The zero-order valence-corrected chi connectivity index (χ0v) is 18.0. The highest BCUT2D eigenvalue weighted by Gasteiger charge is 2.15. The van der Waals surface area contributed by atoms with Crippen molar-refractivity contribution in [3.8, 4) is 11.5 Å². The summed E-state index contributed by atoms with van der Waals surface area (Å²) in [4.78, 5) is 12.2. The molecule has 0 unspecified atom stereocenters. The highest BCUT2D eigenvalue weighted by atomic mass is 35.5. The lowest BCUT2D eigenvalue weighted by atomic mass is 10.1. The molecule has 9 heteroatoms. The molecule has 1 aliphatic heterocycles. The van der Waals surface area contributed by atoms with Gasteiger partial charge in [0.05, 0.1) is 6.42 Å². The molecular weight excluding hydrogens is 424 g/mol. The Hall–Kier alpha value is -2.71. The van der Waals surface area contributed by atoms with E-state index < -0.39 is 0 Å².